The highest BCUT2D eigenvalue weighted by molar-refractivity contribution is 6.41. The molecule has 23 aromatic carbocycles. The van der Waals surface area contributed by atoms with E-state index < -0.39 is 0 Å². The van der Waals surface area contributed by atoms with Crippen LogP contribution in [-0.4, -0.2) is 61.4 Å². The molecule has 0 aliphatic heterocycles. The SMILES string of the molecule is c1cc2c3c(cccc3c1)-c1nc(-n3c4cc5c6ccccc6n6c7ccccc7c(c4c4ccc7ccccc7c43)c56)cnc1-2.c1ccc(-c2nc(-n3c4cc5c6ccccc6n6c7ccccc7c(c4c4ccc7ccccc7c43)c56)c3ccccc3n2)cc1.c1ccc2c(c1)ccc1c2c2ccccc2n1-c1nc(-n2c3cc4c5ccccc5n5c6ccccc6c(c3c3ccc6ccccc6c32)c45)c2ccccc2n1. The fourth-order valence-corrected chi connectivity index (χ4v) is 26.8. The maximum Gasteiger partial charge on any atom is 0.237 e. The Morgan fingerprint density at radius 1 is 0.168 bits per heavy atom. The van der Waals surface area contributed by atoms with E-state index in [4.69, 9.17) is 29.9 Å². The van der Waals surface area contributed by atoms with Crippen LogP contribution in [0.5, 0.6) is 0 Å². The normalized spacial score (nSPS) is 12.6. The average molecular weight is 1890 g/mol. The fourth-order valence-electron chi connectivity index (χ4n) is 26.8. The number of para-hydroxylation sites is 9. The van der Waals surface area contributed by atoms with Gasteiger partial charge in [0.1, 0.15) is 5.82 Å². The van der Waals surface area contributed by atoms with Crippen LogP contribution < -0.4 is 0 Å². The molecule has 1 aliphatic carbocycles. The van der Waals surface area contributed by atoms with Crippen molar-refractivity contribution >= 4 is 277 Å². The molecule has 1 aliphatic rings. The van der Waals surface area contributed by atoms with Gasteiger partial charge in [-0.3, -0.25) is 23.3 Å². The zero-order valence-electron chi connectivity index (χ0n) is 79.6. The predicted molar refractivity (Wildman–Crippen MR) is 620 cm³/mol. The lowest BCUT2D eigenvalue weighted by Crippen LogP contribution is -2.07. The van der Waals surface area contributed by atoms with E-state index in [-0.39, 0.29) is 0 Å². The van der Waals surface area contributed by atoms with Crippen LogP contribution in [0.25, 0.3) is 334 Å². The van der Waals surface area contributed by atoms with E-state index in [1.54, 1.807) is 0 Å². The maximum absolute atomic E-state index is 5.73. The molecule has 0 atom stereocenters. The van der Waals surface area contributed by atoms with Crippen molar-refractivity contribution in [2.45, 2.75) is 0 Å². The van der Waals surface area contributed by atoms with Crippen molar-refractivity contribution in [1.82, 2.24) is 61.4 Å². The highest BCUT2D eigenvalue weighted by Crippen LogP contribution is 2.55. The van der Waals surface area contributed by atoms with E-state index >= 15 is 0 Å². The number of rotatable bonds is 5. The molecule has 13 aromatic heterocycles. The number of hydrogen-bond donors (Lipinski definition) is 0. The molecule has 0 unspecified atom stereocenters. The first kappa shape index (κ1) is 79.3. The first-order valence-corrected chi connectivity index (χ1v) is 51.0. The quantitative estimate of drug-likeness (QED) is 0.170. The molecule has 0 radical (unpaired) electrons. The van der Waals surface area contributed by atoms with Crippen LogP contribution in [0.1, 0.15) is 0 Å². The molecule has 13 nitrogen and oxygen atoms in total. The summed E-state index contributed by atoms with van der Waals surface area (Å²) in [5, 5.41) is 39.1. The second kappa shape index (κ2) is 29.3. The molecule has 0 saturated heterocycles. The standard InChI is InChI=1S/C52H29N5.C42H22N4.C42H24N4/c1-3-15-32-30(13-1)26-28-44-46(32)36-19-7-12-24-43(36)56(44)52-53-40-21-9-5-18-35(40)51(54-52)57-45-29-39-34-17-6-10-22-41(34)55-42-23-11-8-20-37(42)48(50(39)55)47(45)38-27-25-31-14-2-4-16-33(31)49(38)57;1-2-12-25-23(9-1)19-20-30-37-34(21-31-26-13-3-5-17-32(26)45-33-18-6-4-14-27(33)38(37)42(31)45)46(41(25)30)35-22-43-39-28-15-7-10-24-11-8-16-29(36(24)28)40(39)44-35;1-2-13-26(14-3-1)41-43-33-19-9-6-17-29(33)42(44-41)46-36-24-32-28-16-7-10-20-34(28)45-35-21-11-8-18-30(35)38(40(32)45)37(36)31-23-22-25-12-4-5-15-27(25)39(31)46/h1-29H;1-22H;1-24H. The summed E-state index contributed by atoms with van der Waals surface area (Å²) >= 11 is 0. The lowest BCUT2D eigenvalue weighted by atomic mass is 10.0. The first-order valence-electron chi connectivity index (χ1n) is 51.0. The molecule has 0 N–H and O–H groups in total. The summed E-state index contributed by atoms with van der Waals surface area (Å²) in [5.41, 5.74) is 27.3. The van der Waals surface area contributed by atoms with Gasteiger partial charge < -0.3 is 13.2 Å². The molecule has 0 amide bonds. The van der Waals surface area contributed by atoms with E-state index in [9.17, 15) is 0 Å². The van der Waals surface area contributed by atoms with Gasteiger partial charge in [-0.2, -0.15) is 4.98 Å². The van der Waals surface area contributed by atoms with Crippen LogP contribution in [-0.2, 0) is 0 Å². The third-order valence-corrected chi connectivity index (χ3v) is 32.7. The van der Waals surface area contributed by atoms with Gasteiger partial charge in [0.15, 0.2) is 17.5 Å². The van der Waals surface area contributed by atoms with Crippen LogP contribution in [0.2, 0.25) is 0 Å². The van der Waals surface area contributed by atoms with Gasteiger partial charge in [-0.05, 0) is 123 Å². The Morgan fingerprint density at radius 3 is 0.993 bits per heavy atom. The van der Waals surface area contributed by atoms with Gasteiger partial charge in [0, 0.05) is 157 Å². The second-order valence-corrected chi connectivity index (χ2v) is 40.1. The number of hydrogen-bond acceptors (Lipinski definition) is 6. The van der Waals surface area contributed by atoms with Crippen LogP contribution in [0.15, 0.2) is 455 Å². The molecule has 0 spiro atoms. The Hall–Kier alpha value is -20.3. The Bertz CT molecular complexity index is 12400. The van der Waals surface area contributed by atoms with Gasteiger partial charge in [0.05, 0.1) is 122 Å². The van der Waals surface area contributed by atoms with E-state index in [1.165, 1.54) is 222 Å². The predicted octanol–water partition coefficient (Wildman–Crippen LogP) is 34.7. The summed E-state index contributed by atoms with van der Waals surface area (Å²) < 4.78 is 16.9. The van der Waals surface area contributed by atoms with E-state index in [2.05, 4.69) is 462 Å². The van der Waals surface area contributed by atoms with Crippen LogP contribution >= 0.6 is 0 Å². The van der Waals surface area contributed by atoms with Crippen molar-refractivity contribution in [3.63, 3.8) is 0 Å². The second-order valence-electron chi connectivity index (χ2n) is 40.1. The fraction of sp³-hybridized carbons (Fsp3) is 0. The van der Waals surface area contributed by atoms with E-state index in [0.717, 1.165) is 106 Å². The van der Waals surface area contributed by atoms with E-state index in [1.807, 2.05) is 24.4 Å². The molecule has 37 rings (SSSR count). The van der Waals surface area contributed by atoms with Gasteiger partial charge in [-0.25, -0.2) is 19.9 Å². The maximum atomic E-state index is 5.73. The third kappa shape index (κ3) is 10.4. The van der Waals surface area contributed by atoms with Gasteiger partial charge >= 0.3 is 0 Å². The summed E-state index contributed by atoms with van der Waals surface area (Å²) in [4.78, 5) is 32.2. The molecule has 36 aromatic rings. The number of benzene rings is 23. The van der Waals surface area contributed by atoms with Gasteiger partial charge in [0.25, 0.3) is 0 Å². The van der Waals surface area contributed by atoms with E-state index in [0.29, 0.717) is 5.95 Å². The highest BCUT2D eigenvalue weighted by Gasteiger charge is 2.34. The van der Waals surface area contributed by atoms with Crippen LogP contribution in [0.4, 0.5) is 0 Å². The minimum atomic E-state index is 0.646. The molecule has 13 heterocycles. The Labute approximate surface area is 845 Å². The molecule has 0 saturated carbocycles. The molecular formula is C136H75N13. The molecule has 0 bridgehead atoms. The Balaban J connectivity index is 0.0000000944. The molecule has 684 valence electrons. The molecule has 149 heavy (non-hydrogen) atoms. The summed E-state index contributed by atoms with van der Waals surface area (Å²) in [6.45, 7) is 0. The summed E-state index contributed by atoms with van der Waals surface area (Å²) in [6, 6.07) is 162. The smallest absolute Gasteiger partial charge is 0.237 e. The van der Waals surface area contributed by atoms with Gasteiger partial charge in [-0.15, -0.1) is 0 Å². The minimum Gasteiger partial charge on any atom is -0.308 e. The van der Waals surface area contributed by atoms with Crippen molar-refractivity contribution in [3.05, 3.63) is 455 Å². The average Bonchev–Trinajstić information content (AvgIpc) is 1.51. The van der Waals surface area contributed by atoms with Crippen molar-refractivity contribution in [2.75, 3.05) is 0 Å². The molecular weight excluding hydrogens is 1820 g/mol. The summed E-state index contributed by atoms with van der Waals surface area (Å²) in [7, 11) is 0. The first-order chi connectivity index (χ1) is 74.0. The monoisotopic (exact) mass is 1890 g/mol. The van der Waals surface area contributed by atoms with Crippen LogP contribution in [0.3, 0.4) is 0 Å². The largest absolute Gasteiger partial charge is 0.308 e. The zero-order chi connectivity index (χ0) is 96.5. The number of nitrogens with zero attached hydrogens (tertiary/aromatic N) is 13. The highest BCUT2D eigenvalue weighted by atomic mass is 15.2. The number of aromatic nitrogens is 13. The third-order valence-electron chi connectivity index (χ3n) is 32.7. The lowest BCUT2D eigenvalue weighted by Gasteiger charge is -2.15. The topological polar surface area (TPSA) is 110 Å². The van der Waals surface area contributed by atoms with Crippen molar-refractivity contribution in [1.29, 1.82) is 0 Å². The molecule has 13 heteroatoms. The van der Waals surface area contributed by atoms with Gasteiger partial charge in [0.2, 0.25) is 5.95 Å². The summed E-state index contributed by atoms with van der Waals surface area (Å²) in [5.74, 6) is 3.95. The lowest BCUT2D eigenvalue weighted by molar-refractivity contribution is 0.974. The Kier molecular flexibility index (Phi) is 15.6. The van der Waals surface area contributed by atoms with Crippen molar-refractivity contribution in [2.24, 2.45) is 0 Å². The van der Waals surface area contributed by atoms with Crippen molar-refractivity contribution < 1.29 is 0 Å². The van der Waals surface area contributed by atoms with Crippen molar-refractivity contribution in [3.8, 4) is 57.3 Å². The van der Waals surface area contributed by atoms with Crippen LogP contribution in [0, 0.1) is 0 Å². The minimum absolute atomic E-state index is 0.646. The number of fused-ring (bicyclic) bond motifs is 46. The Morgan fingerprint density at radius 2 is 0.517 bits per heavy atom. The molecule has 0 fully saturated rings. The zero-order valence-corrected chi connectivity index (χ0v) is 79.6. The summed E-state index contributed by atoms with van der Waals surface area (Å²) in [6.07, 6.45) is 1.98. The van der Waals surface area contributed by atoms with Gasteiger partial charge in [-0.1, -0.05) is 358 Å².